The maximum absolute atomic E-state index is 11.9. The van der Waals surface area contributed by atoms with E-state index in [4.69, 9.17) is 4.74 Å². The number of rotatable bonds is 2. The van der Waals surface area contributed by atoms with Gasteiger partial charge in [-0.05, 0) is 52.5 Å². The molecule has 3 nitrogen and oxygen atoms in total. The lowest BCUT2D eigenvalue weighted by Crippen LogP contribution is -2.41. The quantitative estimate of drug-likeness (QED) is 0.674. The molecule has 1 saturated heterocycles. The van der Waals surface area contributed by atoms with E-state index in [2.05, 4.69) is 0 Å². The van der Waals surface area contributed by atoms with E-state index in [-0.39, 0.29) is 6.09 Å². The van der Waals surface area contributed by atoms with Gasteiger partial charge in [-0.15, -0.1) is 0 Å². The topological polar surface area (TPSA) is 29.5 Å². The molecule has 1 rings (SSSR count). The fourth-order valence-corrected chi connectivity index (χ4v) is 1.79. The van der Waals surface area contributed by atoms with Gasteiger partial charge in [0.1, 0.15) is 5.60 Å². The molecule has 16 heavy (non-hydrogen) atoms. The van der Waals surface area contributed by atoms with Crippen LogP contribution in [0.3, 0.4) is 0 Å². The molecule has 0 aromatic heterocycles. The minimum atomic E-state index is -0.497. The first-order valence-electron chi connectivity index (χ1n) is 6.08. The molecule has 1 amide bonds. The Labute approximate surface area is 98.5 Å². The molecule has 0 unspecified atom stereocenters. The number of hydrogen-bond donors (Lipinski definition) is 0. The van der Waals surface area contributed by atoms with Gasteiger partial charge in [0.25, 0.3) is 0 Å². The summed E-state index contributed by atoms with van der Waals surface area (Å²) in [6.45, 7) is 9.50. The first-order valence-corrected chi connectivity index (χ1v) is 6.08. The summed E-state index contributed by atoms with van der Waals surface area (Å²) in [6, 6.07) is 0. The summed E-state index contributed by atoms with van der Waals surface area (Å²) in [5.41, 5.74) is 0.585. The highest BCUT2D eigenvalue weighted by atomic mass is 16.6. The van der Waals surface area contributed by atoms with Crippen LogP contribution in [0.4, 0.5) is 4.79 Å². The van der Waals surface area contributed by atoms with E-state index in [1.54, 1.807) is 0 Å². The Morgan fingerprint density at radius 3 is 2.31 bits per heavy atom. The molecule has 3 heteroatoms. The Morgan fingerprint density at radius 2 is 1.81 bits per heavy atom. The van der Waals surface area contributed by atoms with Crippen LogP contribution in [0, 0.1) is 0 Å². The van der Waals surface area contributed by atoms with E-state index in [0.29, 0.717) is 0 Å². The molecule has 0 spiro atoms. The molecule has 0 bridgehead atoms. The Bertz CT molecular complexity index is 276. The van der Waals surface area contributed by atoms with Crippen LogP contribution < -0.4 is 0 Å². The van der Waals surface area contributed by atoms with E-state index >= 15 is 0 Å². The summed E-state index contributed by atoms with van der Waals surface area (Å²) in [6.07, 6.45) is 5.23. The SMILES string of the molecule is C/C=C(\C)C(C)(C)OC(=O)N1CCCCC1. The van der Waals surface area contributed by atoms with Crippen molar-refractivity contribution in [1.82, 2.24) is 4.90 Å². The molecule has 1 heterocycles. The fraction of sp³-hybridized carbons (Fsp3) is 0.769. The highest BCUT2D eigenvalue weighted by Gasteiger charge is 2.28. The molecule has 0 aromatic carbocycles. The molecule has 0 aliphatic carbocycles. The van der Waals surface area contributed by atoms with Crippen molar-refractivity contribution >= 4 is 6.09 Å². The summed E-state index contributed by atoms with van der Waals surface area (Å²) in [7, 11) is 0. The van der Waals surface area contributed by atoms with E-state index in [0.717, 1.165) is 31.5 Å². The van der Waals surface area contributed by atoms with Crippen LogP contribution in [0.15, 0.2) is 11.6 Å². The minimum Gasteiger partial charge on any atom is -0.439 e. The number of likely N-dealkylation sites (tertiary alicyclic amines) is 1. The van der Waals surface area contributed by atoms with Crippen molar-refractivity contribution in [1.29, 1.82) is 0 Å². The number of allylic oxidation sites excluding steroid dienone is 1. The van der Waals surface area contributed by atoms with E-state index in [9.17, 15) is 4.79 Å². The van der Waals surface area contributed by atoms with Gasteiger partial charge in [0.2, 0.25) is 0 Å². The summed E-state index contributed by atoms with van der Waals surface area (Å²) in [5.74, 6) is 0. The largest absolute Gasteiger partial charge is 0.439 e. The van der Waals surface area contributed by atoms with Gasteiger partial charge in [-0.2, -0.15) is 0 Å². The van der Waals surface area contributed by atoms with Gasteiger partial charge in [0.15, 0.2) is 0 Å². The van der Waals surface area contributed by atoms with Gasteiger partial charge in [-0.3, -0.25) is 0 Å². The molecule has 0 aromatic rings. The molecule has 1 aliphatic heterocycles. The summed E-state index contributed by atoms with van der Waals surface area (Å²) in [4.78, 5) is 13.7. The Balaban J connectivity index is 2.55. The van der Waals surface area contributed by atoms with Crippen molar-refractivity contribution in [2.45, 2.75) is 52.6 Å². The molecule has 1 fully saturated rings. The van der Waals surface area contributed by atoms with Crippen LogP contribution in [0.2, 0.25) is 0 Å². The second kappa shape index (κ2) is 5.37. The van der Waals surface area contributed by atoms with E-state index < -0.39 is 5.60 Å². The molecule has 92 valence electrons. The van der Waals surface area contributed by atoms with Crippen LogP contribution in [0.5, 0.6) is 0 Å². The maximum Gasteiger partial charge on any atom is 0.410 e. The lowest BCUT2D eigenvalue weighted by Gasteiger charge is -2.32. The number of amides is 1. The van der Waals surface area contributed by atoms with Crippen LogP contribution in [0.25, 0.3) is 0 Å². The lowest BCUT2D eigenvalue weighted by molar-refractivity contribution is 0.0309. The van der Waals surface area contributed by atoms with Crippen LogP contribution in [-0.2, 0) is 4.74 Å². The molecular weight excluding hydrogens is 202 g/mol. The highest BCUT2D eigenvalue weighted by molar-refractivity contribution is 5.68. The monoisotopic (exact) mass is 225 g/mol. The zero-order valence-electron chi connectivity index (χ0n) is 10.9. The molecule has 0 N–H and O–H groups in total. The third kappa shape index (κ3) is 3.26. The number of piperidine rings is 1. The van der Waals surface area contributed by atoms with Crippen molar-refractivity contribution in [2.24, 2.45) is 0 Å². The lowest BCUT2D eigenvalue weighted by atomic mass is 9.99. The van der Waals surface area contributed by atoms with Crippen LogP contribution in [0.1, 0.15) is 47.0 Å². The summed E-state index contributed by atoms with van der Waals surface area (Å²) in [5, 5.41) is 0. The number of nitrogens with zero attached hydrogens (tertiary/aromatic N) is 1. The third-order valence-corrected chi connectivity index (χ3v) is 3.34. The highest BCUT2D eigenvalue weighted by Crippen LogP contribution is 2.22. The molecular formula is C13H23NO2. The van der Waals surface area contributed by atoms with Gasteiger partial charge in [-0.25, -0.2) is 4.79 Å². The Morgan fingerprint density at radius 1 is 1.25 bits per heavy atom. The van der Waals surface area contributed by atoms with Crippen molar-refractivity contribution in [3.05, 3.63) is 11.6 Å². The number of hydrogen-bond acceptors (Lipinski definition) is 2. The second-order valence-corrected chi connectivity index (χ2v) is 4.90. The zero-order chi connectivity index (χ0) is 12.2. The smallest absolute Gasteiger partial charge is 0.410 e. The Kier molecular flexibility index (Phi) is 4.39. The predicted octanol–water partition coefficient (Wildman–Crippen LogP) is 3.35. The molecule has 0 saturated carbocycles. The average molecular weight is 225 g/mol. The molecule has 0 atom stereocenters. The van der Waals surface area contributed by atoms with E-state index in [1.807, 2.05) is 38.7 Å². The first kappa shape index (κ1) is 13.1. The van der Waals surface area contributed by atoms with Gasteiger partial charge in [0, 0.05) is 13.1 Å². The van der Waals surface area contributed by atoms with E-state index in [1.165, 1.54) is 6.42 Å². The minimum absolute atomic E-state index is 0.175. The predicted molar refractivity (Wildman–Crippen MR) is 65.4 cm³/mol. The normalized spacial score (nSPS) is 18.5. The first-order chi connectivity index (χ1) is 7.47. The third-order valence-electron chi connectivity index (χ3n) is 3.34. The van der Waals surface area contributed by atoms with Gasteiger partial charge in [0.05, 0.1) is 0 Å². The number of ether oxygens (including phenoxy) is 1. The zero-order valence-corrected chi connectivity index (χ0v) is 10.9. The van der Waals surface area contributed by atoms with Crippen molar-refractivity contribution in [2.75, 3.05) is 13.1 Å². The van der Waals surface area contributed by atoms with Gasteiger partial charge < -0.3 is 9.64 Å². The number of carbonyl (C=O) groups excluding carboxylic acids is 1. The van der Waals surface area contributed by atoms with Gasteiger partial charge in [-0.1, -0.05) is 6.08 Å². The fourth-order valence-electron chi connectivity index (χ4n) is 1.79. The van der Waals surface area contributed by atoms with Crippen LogP contribution in [-0.4, -0.2) is 29.7 Å². The van der Waals surface area contributed by atoms with Crippen molar-refractivity contribution in [3.63, 3.8) is 0 Å². The summed E-state index contributed by atoms with van der Waals surface area (Å²) >= 11 is 0. The van der Waals surface area contributed by atoms with Crippen LogP contribution >= 0.6 is 0 Å². The van der Waals surface area contributed by atoms with Gasteiger partial charge >= 0.3 is 6.09 Å². The molecule has 0 radical (unpaired) electrons. The Hall–Kier alpha value is -0.990. The van der Waals surface area contributed by atoms with Crippen molar-refractivity contribution < 1.29 is 9.53 Å². The number of carbonyl (C=O) groups is 1. The second-order valence-electron chi connectivity index (χ2n) is 4.90. The average Bonchev–Trinajstić information content (AvgIpc) is 2.28. The molecule has 1 aliphatic rings. The van der Waals surface area contributed by atoms with Crippen molar-refractivity contribution in [3.8, 4) is 0 Å². The standard InChI is InChI=1S/C13H23NO2/c1-5-11(2)13(3,4)16-12(15)14-9-7-6-8-10-14/h5H,6-10H2,1-4H3/b11-5+. The maximum atomic E-state index is 11.9. The summed E-state index contributed by atoms with van der Waals surface area (Å²) < 4.78 is 5.55.